The largest absolute Gasteiger partial charge is 0.270 e. The zero-order chi connectivity index (χ0) is 16.6. The van der Waals surface area contributed by atoms with Gasteiger partial charge in [0.25, 0.3) is 0 Å². The molecule has 0 aliphatic rings. The fourth-order valence-electron chi connectivity index (χ4n) is 2.55. The third-order valence-corrected chi connectivity index (χ3v) is 4.81. The molecule has 0 fully saturated rings. The van der Waals surface area contributed by atoms with E-state index in [1.807, 2.05) is 36.5 Å². The smallest absolute Gasteiger partial charge is 0.196 e. The number of aromatic nitrogens is 4. The highest BCUT2D eigenvalue weighted by Crippen LogP contribution is 2.28. The highest BCUT2D eigenvalue weighted by atomic mass is 32.2. The molecule has 0 amide bonds. The molecule has 0 atom stereocenters. The van der Waals surface area contributed by atoms with E-state index in [9.17, 15) is 0 Å². The first-order chi connectivity index (χ1) is 11.9. The van der Waals surface area contributed by atoms with Gasteiger partial charge in [0, 0.05) is 29.4 Å². The molecule has 0 aliphatic carbocycles. The molecule has 3 rings (SSSR count). The maximum absolute atomic E-state index is 4.43. The normalized spacial score (nSPS) is 10.9. The Morgan fingerprint density at radius 3 is 2.58 bits per heavy atom. The van der Waals surface area contributed by atoms with Crippen LogP contribution in [0.25, 0.3) is 17.1 Å². The second kappa shape index (κ2) is 8.64. The van der Waals surface area contributed by atoms with Crippen LogP contribution < -0.4 is 0 Å². The van der Waals surface area contributed by atoms with Gasteiger partial charge >= 0.3 is 0 Å². The Morgan fingerprint density at radius 1 is 0.958 bits per heavy atom. The van der Waals surface area contributed by atoms with Crippen molar-refractivity contribution in [2.24, 2.45) is 0 Å². The Balaban J connectivity index is 1.88. The van der Waals surface area contributed by atoms with Crippen molar-refractivity contribution < 1.29 is 0 Å². The Morgan fingerprint density at radius 2 is 1.83 bits per heavy atom. The van der Waals surface area contributed by atoms with Crippen molar-refractivity contribution in [3.05, 3.63) is 54.9 Å². The van der Waals surface area contributed by atoms with Crippen LogP contribution in [0.2, 0.25) is 0 Å². The molecule has 0 aliphatic heterocycles. The number of nitrogens with zero attached hydrogens (tertiary/aromatic N) is 4. The Labute approximate surface area is 147 Å². The molecule has 24 heavy (non-hydrogen) atoms. The van der Waals surface area contributed by atoms with Crippen molar-refractivity contribution in [2.75, 3.05) is 5.75 Å². The van der Waals surface area contributed by atoms with Crippen molar-refractivity contribution in [1.82, 2.24) is 19.7 Å². The van der Waals surface area contributed by atoms with E-state index < -0.39 is 0 Å². The van der Waals surface area contributed by atoms with E-state index >= 15 is 0 Å². The SMILES string of the molecule is CCCCCCSc1nnc(-c2cccnc2)n1-c1ccccc1. The number of benzene rings is 1. The van der Waals surface area contributed by atoms with Gasteiger partial charge in [0.05, 0.1) is 0 Å². The molecule has 1 aromatic carbocycles. The standard InChI is InChI=1S/C19H22N4S/c1-2-3-4-8-14-24-19-22-21-18(16-10-9-13-20-15-16)23(19)17-11-6-5-7-12-17/h5-7,9-13,15H,2-4,8,14H2,1H3. The predicted molar refractivity (Wildman–Crippen MR) is 99.5 cm³/mol. The quantitative estimate of drug-likeness (QED) is 0.428. The Bertz CT molecular complexity index is 741. The number of hydrogen-bond donors (Lipinski definition) is 0. The lowest BCUT2D eigenvalue weighted by atomic mass is 10.2. The lowest BCUT2D eigenvalue weighted by Crippen LogP contribution is -2.00. The van der Waals surface area contributed by atoms with Crippen LogP contribution >= 0.6 is 11.8 Å². The Kier molecular flexibility index (Phi) is 6.01. The first-order valence-electron chi connectivity index (χ1n) is 8.44. The van der Waals surface area contributed by atoms with Crippen molar-refractivity contribution in [2.45, 2.75) is 37.8 Å². The molecular weight excluding hydrogens is 316 g/mol. The summed E-state index contributed by atoms with van der Waals surface area (Å²) in [4.78, 5) is 4.21. The number of unbranched alkanes of at least 4 members (excludes halogenated alkanes) is 3. The van der Waals surface area contributed by atoms with E-state index in [2.05, 4.69) is 38.8 Å². The summed E-state index contributed by atoms with van der Waals surface area (Å²) >= 11 is 1.78. The van der Waals surface area contributed by atoms with Crippen LogP contribution in [-0.2, 0) is 0 Å². The maximum Gasteiger partial charge on any atom is 0.196 e. The zero-order valence-corrected chi connectivity index (χ0v) is 14.7. The van der Waals surface area contributed by atoms with E-state index in [4.69, 9.17) is 0 Å². The number of hydrogen-bond acceptors (Lipinski definition) is 4. The van der Waals surface area contributed by atoms with Gasteiger partial charge in [0.15, 0.2) is 11.0 Å². The van der Waals surface area contributed by atoms with E-state index in [-0.39, 0.29) is 0 Å². The molecule has 124 valence electrons. The molecule has 0 radical (unpaired) electrons. The molecule has 5 heteroatoms. The van der Waals surface area contributed by atoms with Gasteiger partial charge < -0.3 is 0 Å². The first kappa shape index (κ1) is 16.7. The monoisotopic (exact) mass is 338 g/mol. The van der Waals surface area contributed by atoms with Gasteiger partial charge in [-0.05, 0) is 30.7 Å². The second-order valence-corrected chi connectivity index (χ2v) is 6.69. The summed E-state index contributed by atoms with van der Waals surface area (Å²) in [5, 5.41) is 9.81. The number of thioether (sulfide) groups is 1. The highest BCUT2D eigenvalue weighted by Gasteiger charge is 2.15. The van der Waals surface area contributed by atoms with Crippen molar-refractivity contribution in [3.8, 4) is 17.1 Å². The zero-order valence-electron chi connectivity index (χ0n) is 13.9. The van der Waals surface area contributed by atoms with Gasteiger partial charge in [-0.3, -0.25) is 9.55 Å². The van der Waals surface area contributed by atoms with Crippen LogP contribution in [0, 0.1) is 0 Å². The highest BCUT2D eigenvalue weighted by molar-refractivity contribution is 7.99. The van der Waals surface area contributed by atoms with Gasteiger partial charge in [-0.25, -0.2) is 0 Å². The summed E-state index contributed by atoms with van der Waals surface area (Å²) in [6.07, 6.45) is 8.65. The van der Waals surface area contributed by atoms with Gasteiger partial charge in [0.1, 0.15) is 0 Å². The minimum absolute atomic E-state index is 0.838. The van der Waals surface area contributed by atoms with Crippen molar-refractivity contribution in [3.63, 3.8) is 0 Å². The molecule has 0 saturated carbocycles. The third kappa shape index (κ3) is 4.03. The summed E-state index contributed by atoms with van der Waals surface area (Å²) in [6, 6.07) is 14.2. The first-order valence-corrected chi connectivity index (χ1v) is 9.42. The van der Waals surface area contributed by atoms with Crippen LogP contribution in [0.15, 0.2) is 60.0 Å². The third-order valence-electron chi connectivity index (χ3n) is 3.80. The van der Waals surface area contributed by atoms with Crippen LogP contribution in [0.1, 0.15) is 32.6 Å². The summed E-state index contributed by atoms with van der Waals surface area (Å²) in [5.74, 6) is 1.91. The maximum atomic E-state index is 4.43. The fourth-order valence-corrected chi connectivity index (χ4v) is 3.50. The summed E-state index contributed by atoms with van der Waals surface area (Å²) in [7, 11) is 0. The molecular formula is C19H22N4S. The number of pyridine rings is 1. The fraction of sp³-hybridized carbons (Fsp3) is 0.316. The van der Waals surface area contributed by atoms with E-state index in [1.165, 1.54) is 25.7 Å². The lowest BCUT2D eigenvalue weighted by Gasteiger charge is -2.10. The van der Waals surface area contributed by atoms with Gasteiger partial charge in [0.2, 0.25) is 0 Å². The minimum Gasteiger partial charge on any atom is -0.270 e. The average Bonchev–Trinajstić information content (AvgIpc) is 3.07. The van der Waals surface area contributed by atoms with Crippen LogP contribution in [0.4, 0.5) is 0 Å². The molecule has 0 N–H and O–H groups in total. The molecule has 2 heterocycles. The summed E-state index contributed by atoms with van der Waals surface area (Å²) < 4.78 is 2.13. The predicted octanol–water partition coefficient (Wildman–Crippen LogP) is 5.00. The summed E-state index contributed by atoms with van der Waals surface area (Å²) in [5.41, 5.74) is 2.06. The molecule has 4 nitrogen and oxygen atoms in total. The number of rotatable bonds is 8. The van der Waals surface area contributed by atoms with Crippen LogP contribution in [-0.4, -0.2) is 25.5 Å². The molecule has 0 bridgehead atoms. The minimum atomic E-state index is 0.838. The van der Waals surface area contributed by atoms with Gasteiger partial charge in [-0.1, -0.05) is 56.1 Å². The van der Waals surface area contributed by atoms with Crippen molar-refractivity contribution in [1.29, 1.82) is 0 Å². The van der Waals surface area contributed by atoms with Crippen molar-refractivity contribution >= 4 is 11.8 Å². The van der Waals surface area contributed by atoms with Gasteiger partial charge in [-0.15, -0.1) is 10.2 Å². The molecule has 0 unspecified atom stereocenters. The second-order valence-electron chi connectivity index (χ2n) is 5.63. The Hall–Kier alpha value is -2.14. The van der Waals surface area contributed by atoms with Crippen LogP contribution in [0.5, 0.6) is 0 Å². The van der Waals surface area contributed by atoms with Gasteiger partial charge in [-0.2, -0.15) is 0 Å². The van der Waals surface area contributed by atoms with E-state index in [1.54, 1.807) is 18.0 Å². The van der Waals surface area contributed by atoms with E-state index in [0.29, 0.717) is 0 Å². The molecule has 0 saturated heterocycles. The topological polar surface area (TPSA) is 43.6 Å². The molecule has 3 aromatic rings. The number of para-hydroxylation sites is 1. The summed E-state index contributed by atoms with van der Waals surface area (Å²) in [6.45, 7) is 2.24. The molecule has 0 spiro atoms. The average molecular weight is 338 g/mol. The lowest BCUT2D eigenvalue weighted by molar-refractivity contribution is 0.705. The van der Waals surface area contributed by atoms with E-state index in [0.717, 1.165) is 28.0 Å². The van der Waals surface area contributed by atoms with Crippen LogP contribution in [0.3, 0.4) is 0 Å². The molecule has 2 aromatic heterocycles.